The molecule has 0 aliphatic rings. The fourth-order valence-corrected chi connectivity index (χ4v) is 1.70. The van der Waals surface area contributed by atoms with Gasteiger partial charge >= 0.3 is 0 Å². The number of hydrogen-bond donors (Lipinski definition) is 1. The molecule has 0 saturated carbocycles. The van der Waals surface area contributed by atoms with Gasteiger partial charge in [0.2, 0.25) is 0 Å². The summed E-state index contributed by atoms with van der Waals surface area (Å²) < 4.78 is 1.80. The third-order valence-corrected chi connectivity index (χ3v) is 2.36. The summed E-state index contributed by atoms with van der Waals surface area (Å²) in [5.41, 5.74) is 8.03. The van der Waals surface area contributed by atoms with Crippen molar-refractivity contribution in [1.82, 2.24) is 9.78 Å². The number of aryl methyl sites for hydroxylation is 1. The Morgan fingerprint density at radius 2 is 2.07 bits per heavy atom. The van der Waals surface area contributed by atoms with Crippen molar-refractivity contribution in [3.63, 3.8) is 0 Å². The van der Waals surface area contributed by atoms with Crippen molar-refractivity contribution in [3.8, 4) is 0 Å². The van der Waals surface area contributed by atoms with Crippen LogP contribution in [0.15, 0.2) is 18.2 Å². The van der Waals surface area contributed by atoms with Crippen molar-refractivity contribution in [2.24, 2.45) is 7.05 Å². The van der Waals surface area contributed by atoms with Crippen LogP contribution in [-0.2, 0) is 7.05 Å². The third kappa shape index (κ3) is 1.11. The summed E-state index contributed by atoms with van der Waals surface area (Å²) in [6.45, 7) is 0. The van der Waals surface area contributed by atoms with Crippen LogP contribution in [0.25, 0.3) is 10.9 Å². The first kappa shape index (κ1) is 8.87. The Labute approximate surface area is 82.9 Å². The van der Waals surface area contributed by atoms with Crippen molar-refractivity contribution < 1.29 is 0 Å². The Balaban J connectivity index is 2.85. The zero-order valence-corrected chi connectivity index (χ0v) is 8.65. The van der Waals surface area contributed by atoms with Gasteiger partial charge in [0.1, 0.15) is 0 Å². The summed E-state index contributed by atoms with van der Waals surface area (Å²) in [6, 6.07) is 6.07. The Morgan fingerprint density at radius 3 is 2.71 bits per heavy atom. The fraction of sp³-hybridized carbons (Fsp3) is 0.300. The van der Waals surface area contributed by atoms with E-state index < -0.39 is 0 Å². The van der Waals surface area contributed by atoms with E-state index in [1.54, 1.807) is 4.68 Å². The third-order valence-electron chi connectivity index (χ3n) is 2.36. The summed E-state index contributed by atoms with van der Waals surface area (Å²) in [5, 5.41) is 5.23. The van der Waals surface area contributed by atoms with Crippen molar-refractivity contribution in [2.75, 3.05) is 24.7 Å². The maximum atomic E-state index is 5.86. The molecule has 0 radical (unpaired) electrons. The number of aromatic nitrogens is 2. The van der Waals surface area contributed by atoms with Crippen LogP contribution in [0, 0.1) is 0 Å². The zero-order chi connectivity index (χ0) is 10.3. The van der Waals surface area contributed by atoms with Crippen molar-refractivity contribution >= 4 is 22.4 Å². The second kappa shape index (κ2) is 2.90. The molecule has 0 fully saturated rings. The van der Waals surface area contributed by atoms with E-state index in [4.69, 9.17) is 5.73 Å². The number of hydrogen-bond acceptors (Lipinski definition) is 3. The van der Waals surface area contributed by atoms with Crippen molar-refractivity contribution in [3.05, 3.63) is 18.2 Å². The standard InChI is InChI=1S/C10H14N4/c1-13(2)7-5-4-6-8-9(7)10(11)12-14(8)3/h4-6H,1-3H3,(H2,11,12). The number of fused-ring (bicyclic) bond motifs is 1. The molecule has 0 spiro atoms. The van der Waals surface area contributed by atoms with Gasteiger partial charge in [-0.3, -0.25) is 4.68 Å². The second-order valence-corrected chi connectivity index (χ2v) is 3.57. The van der Waals surface area contributed by atoms with Crippen LogP contribution in [0.1, 0.15) is 0 Å². The lowest BCUT2D eigenvalue weighted by Gasteiger charge is -2.13. The lowest BCUT2D eigenvalue weighted by molar-refractivity contribution is 0.802. The molecule has 0 aliphatic heterocycles. The van der Waals surface area contributed by atoms with Crippen LogP contribution >= 0.6 is 0 Å². The molecule has 1 aromatic heterocycles. The summed E-state index contributed by atoms with van der Waals surface area (Å²) in [4.78, 5) is 2.04. The molecule has 4 heteroatoms. The van der Waals surface area contributed by atoms with E-state index in [0.29, 0.717) is 5.82 Å². The van der Waals surface area contributed by atoms with Crippen molar-refractivity contribution in [2.45, 2.75) is 0 Å². The molecule has 4 nitrogen and oxygen atoms in total. The van der Waals surface area contributed by atoms with Gasteiger partial charge in [0.05, 0.1) is 10.9 Å². The summed E-state index contributed by atoms with van der Waals surface area (Å²) >= 11 is 0. The molecular formula is C10H14N4. The van der Waals surface area contributed by atoms with Crippen LogP contribution in [-0.4, -0.2) is 23.9 Å². The van der Waals surface area contributed by atoms with Crippen LogP contribution in [0.4, 0.5) is 11.5 Å². The van der Waals surface area contributed by atoms with Gasteiger partial charge in [-0.05, 0) is 12.1 Å². The Kier molecular flexibility index (Phi) is 1.84. The van der Waals surface area contributed by atoms with Gasteiger partial charge in [0.15, 0.2) is 5.82 Å². The van der Waals surface area contributed by atoms with Gasteiger partial charge in [-0.15, -0.1) is 0 Å². The molecule has 2 rings (SSSR count). The summed E-state index contributed by atoms with van der Waals surface area (Å²) in [7, 11) is 5.90. The summed E-state index contributed by atoms with van der Waals surface area (Å²) in [5.74, 6) is 0.590. The topological polar surface area (TPSA) is 47.1 Å². The minimum atomic E-state index is 0.590. The van der Waals surface area contributed by atoms with Gasteiger partial charge in [-0.2, -0.15) is 5.10 Å². The van der Waals surface area contributed by atoms with E-state index in [1.165, 1.54) is 0 Å². The monoisotopic (exact) mass is 190 g/mol. The molecule has 14 heavy (non-hydrogen) atoms. The highest BCUT2D eigenvalue weighted by Gasteiger charge is 2.10. The predicted octanol–water partition coefficient (Wildman–Crippen LogP) is 1.22. The van der Waals surface area contributed by atoms with E-state index in [2.05, 4.69) is 5.10 Å². The molecule has 0 atom stereocenters. The van der Waals surface area contributed by atoms with E-state index in [1.807, 2.05) is 44.2 Å². The predicted molar refractivity (Wildman–Crippen MR) is 59.5 cm³/mol. The van der Waals surface area contributed by atoms with Crippen LogP contribution in [0.5, 0.6) is 0 Å². The molecular weight excluding hydrogens is 176 g/mol. The highest BCUT2D eigenvalue weighted by Crippen LogP contribution is 2.29. The average molecular weight is 190 g/mol. The summed E-state index contributed by atoms with van der Waals surface area (Å²) in [6.07, 6.45) is 0. The Bertz CT molecular complexity index is 470. The van der Waals surface area contributed by atoms with Gasteiger partial charge < -0.3 is 10.6 Å². The number of nitrogen functional groups attached to an aromatic ring is 1. The minimum Gasteiger partial charge on any atom is -0.382 e. The number of benzene rings is 1. The normalized spacial score (nSPS) is 10.8. The fourth-order valence-electron chi connectivity index (χ4n) is 1.70. The first-order chi connectivity index (χ1) is 6.61. The van der Waals surface area contributed by atoms with Crippen LogP contribution in [0.2, 0.25) is 0 Å². The van der Waals surface area contributed by atoms with Crippen LogP contribution < -0.4 is 10.6 Å². The quantitative estimate of drug-likeness (QED) is 0.735. The van der Waals surface area contributed by atoms with Crippen LogP contribution in [0.3, 0.4) is 0 Å². The maximum Gasteiger partial charge on any atom is 0.155 e. The molecule has 74 valence electrons. The average Bonchev–Trinajstić information content (AvgIpc) is 2.43. The first-order valence-electron chi connectivity index (χ1n) is 4.50. The lowest BCUT2D eigenvalue weighted by atomic mass is 10.2. The SMILES string of the molecule is CN(C)c1cccc2c1c(N)nn2C. The molecule has 0 unspecified atom stereocenters. The number of nitrogens with zero attached hydrogens (tertiary/aromatic N) is 3. The number of rotatable bonds is 1. The lowest BCUT2D eigenvalue weighted by Crippen LogP contribution is -2.09. The van der Waals surface area contributed by atoms with E-state index in [9.17, 15) is 0 Å². The molecule has 0 bridgehead atoms. The second-order valence-electron chi connectivity index (χ2n) is 3.57. The van der Waals surface area contributed by atoms with E-state index in [0.717, 1.165) is 16.6 Å². The van der Waals surface area contributed by atoms with E-state index in [-0.39, 0.29) is 0 Å². The highest BCUT2D eigenvalue weighted by molar-refractivity contribution is 5.99. The van der Waals surface area contributed by atoms with Crippen molar-refractivity contribution in [1.29, 1.82) is 0 Å². The van der Waals surface area contributed by atoms with Gasteiger partial charge in [0.25, 0.3) is 0 Å². The zero-order valence-electron chi connectivity index (χ0n) is 8.65. The molecule has 2 N–H and O–H groups in total. The minimum absolute atomic E-state index is 0.590. The highest BCUT2D eigenvalue weighted by atomic mass is 15.3. The molecule has 1 heterocycles. The molecule has 2 aromatic rings. The Hall–Kier alpha value is -1.71. The largest absolute Gasteiger partial charge is 0.382 e. The van der Waals surface area contributed by atoms with Gasteiger partial charge in [-0.25, -0.2) is 0 Å². The first-order valence-corrected chi connectivity index (χ1v) is 4.50. The van der Waals surface area contributed by atoms with Gasteiger partial charge in [-0.1, -0.05) is 6.07 Å². The molecule has 1 aromatic carbocycles. The molecule has 0 saturated heterocycles. The molecule has 0 amide bonds. The van der Waals surface area contributed by atoms with Gasteiger partial charge in [0, 0.05) is 26.8 Å². The van der Waals surface area contributed by atoms with E-state index >= 15 is 0 Å². The Morgan fingerprint density at radius 1 is 1.36 bits per heavy atom. The number of nitrogens with two attached hydrogens (primary N) is 1. The number of anilines is 2. The maximum absolute atomic E-state index is 5.86. The molecule has 0 aliphatic carbocycles. The smallest absolute Gasteiger partial charge is 0.155 e.